The number of phenols is 2. The molecule has 1 aromatic carbocycles. The predicted octanol–water partition coefficient (Wildman–Crippen LogP) is 0.953. The van der Waals surface area contributed by atoms with Crippen molar-refractivity contribution in [2.45, 2.75) is 9.79 Å². The maximum atomic E-state index is 11.0. The molecule has 0 aliphatic rings. The Kier molecular flexibility index (Phi) is 3.30. The fraction of sp³-hybridized carbons (Fsp3) is 0. The van der Waals surface area contributed by atoms with E-state index in [1.165, 1.54) is 0 Å². The Labute approximate surface area is 99.9 Å². The van der Waals surface area contributed by atoms with E-state index in [9.17, 15) is 21.9 Å². The van der Waals surface area contributed by atoms with Gasteiger partial charge in [-0.25, -0.2) is 16.8 Å². The molecule has 0 aromatic heterocycles. The number of aromatic hydroxyl groups is 2. The smallest absolute Gasteiger partial charge is 0.266 e. The van der Waals surface area contributed by atoms with E-state index >= 15 is 0 Å². The van der Waals surface area contributed by atoms with Crippen LogP contribution in [0.5, 0.6) is 11.5 Å². The first-order valence-electron chi connectivity index (χ1n) is 3.49. The summed E-state index contributed by atoms with van der Waals surface area (Å²) in [6.07, 6.45) is 0. The van der Waals surface area contributed by atoms with Crippen molar-refractivity contribution >= 4 is 39.5 Å². The second kappa shape index (κ2) is 3.95. The van der Waals surface area contributed by atoms with Gasteiger partial charge in [-0.1, -0.05) is 0 Å². The van der Waals surface area contributed by atoms with Crippen molar-refractivity contribution in [2.24, 2.45) is 0 Å². The average molecular weight is 307 g/mol. The average Bonchev–Trinajstić information content (AvgIpc) is 2.05. The maximum absolute atomic E-state index is 11.0. The lowest BCUT2D eigenvalue weighted by atomic mass is 10.3. The molecule has 0 aliphatic heterocycles. The largest absolute Gasteiger partial charge is 0.504 e. The van der Waals surface area contributed by atoms with Gasteiger partial charge in [0.1, 0.15) is 9.79 Å². The summed E-state index contributed by atoms with van der Waals surface area (Å²) < 4.78 is 44.1. The van der Waals surface area contributed by atoms with Gasteiger partial charge in [-0.15, -0.1) is 0 Å². The number of phenolic OH excluding ortho intramolecular Hbond substituents is 2. The van der Waals surface area contributed by atoms with Crippen LogP contribution in [0.25, 0.3) is 0 Å². The van der Waals surface area contributed by atoms with Crippen molar-refractivity contribution < 1.29 is 27.0 Å². The fourth-order valence-electron chi connectivity index (χ4n) is 0.970. The van der Waals surface area contributed by atoms with Crippen LogP contribution >= 0.6 is 21.4 Å². The molecule has 1 aromatic rings. The summed E-state index contributed by atoms with van der Waals surface area (Å²) in [6, 6.07) is 1.49. The minimum Gasteiger partial charge on any atom is -0.504 e. The van der Waals surface area contributed by atoms with Crippen molar-refractivity contribution in [3.05, 3.63) is 12.1 Å². The van der Waals surface area contributed by atoms with Crippen molar-refractivity contribution in [1.82, 2.24) is 0 Å². The fourth-order valence-corrected chi connectivity index (χ4v) is 3.95. The van der Waals surface area contributed by atoms with Crippen molar-refractivity contribution in [3.63, 3.8) is 0 Å². The van der Waals surface area contributed by atoms with Gasteiger partial charge in [-0.05, 0) is 12.1 Å². The molecule has 0 saturated heterocycles. The standard InChI is InChI=1S/C6H4Cl2O6S2/c7-15(11,12)4-2-1-3(9)5(10)6(4)16(8,13)14/h1-2,9-10H. The van der Waals surface area contributed by atoms with Gasteiger partial charge >= 0.3 is 0 Å². The molecule has 0 bridgehead atoms. The Hall–Kier alpha value is -0.700. The lowest BCUT2D eigenvalue weighted by molar-refractivity contribution is 0.390. The van der Waals surface area contributed by atoms with E-state index in [1.807, 2.05) is 0 Å². The van der Waals surface area contributed by atoms with Crippen LogP contribution < -0.4 is 0 Å². The predicted molar refractivity (Wildman–Crippen MR) is 55.8 cm³/mol. The van der Waals surface area contributed by atoms with Gasteiger partial charge in [-0.2, -0.15) is 0 Å². The highest BCUT2D eigenvalue weighted by atomic mass is 35.7. The molecular weight excluding hydrogens is 303 g/mol. The summed E-state index contributed by atoms with van der Waals surface area (Å²) in [5.41, 5.74) is 0. The van der Waals surface area contributed by atoms with E-state index in [0.29, 0.717) is 6.07 Å². The topological polar surface area (TPSA) is 109 Å². The van der Waals surface area contributed by atoms with Crippen molar-refractivity contribution in [3.8, 4) is 11.5 Å². The van der Waals surface area contributed by atoms with E-state index in [-0.39, 0.29) is 0 Å². The quantitative estimate of drug-likeness (QED) is 0.622. The van der Waals surface area contributed by atoms with Gasteiger partial charge < -0.3 is 10.2 Å². The Morgan fingerprint density at radius 2 is 1.44 bits per heavy atom. The molecule has 0 spiro atoms. The first-order valence-corrected chi connectivity index (χ1v) is 8.11. The van der Waals surface area contributed by atoms with Crippen LogP contribution in [0.15, 0.2) is 21.9 Å². The third kappa shape index (κ3) is 2.51. The van der Waals surface area contributed by atoms with Crippen LogP contribution in [-0.4, -0.2) is 27.0 Å². The molecule has 0 heterocycles. The molecule has 2 N–H and O–H groups in total. The molecule has 90 valence electrons. The minimum atomic E-state index is -4.57. The third-order valence-electron chi connectivity index (χ3n) is 1.58. The highest BCUT2D eigenvalue weighted by Crippen LogP contribution is 2.39. The van der Waals surface area contributed by atoms with E-state index < -0.39 is 39.4 Å². The summed E-state index contributed by atoms with van der Waals surface area (Å²) >= 11 is 0. The molecule has 0 atom stereocenters. The molecular formula is C6H4Cl2O6S2. The number of rotatable bonds is 2. The summed E-state index contributed by atoms with van der Waals surface area (Å²) in [5.74, 6) is -2.00. The number of hydrogen-bond acceptors (Lipinski definition) is 6. The lowest BCUT2D eigenvalue weighted by Crippen LogP contribution is -2.01. The van der Waals surface area contributed by atoms with Gasteiger partial charge in [0.15, 0.2) is 11.5 Å². The van der Waals surface area contributed by atoms with Gasteiger partial charge in [0, 0.05) is 21.4 Å². The number of hydrogen-bond donors (Lipinski definition) is 2. The zero-order valence-electron chi connectivity index (χ0n) is 7.25. The molecule has 0 radical (unpaired) electrons. The van der Waals surface area contributed by atoms with Gasteiger partial charge in [0.25, 0.3) is 18.1 Å². The zero-order chi connectivity index (χ0) is 12.7. The van der Waals surface area contributed by atoms with E-state index in [0.717, 1.165) is 6.07 Å². The third-order valence-corrected chi connectivity index (χ3v) is 4.44. The summed E-state index contributed by atoms with van der Waals surface area (Å²) in [6.45, 7) is 0. The van der Waals surface area contributed by atoms with E-state index in [4.69, 9.17) is 26.5 Å². The summed E-state index contributed by atoms with van der Waals surface area (Å²) in [5, 5.41) is 18.3. The van der Waals surface area contributed by atoms with Gasteiger partial charge in [-0.3, -0.25) is 0 Å². The van der Waals surface area contributed by atoms with Crippen molar-refractivity contribution in [1.29, 1.82) is 0 Å². The highest BCUT2D eigenvalue weighted by molar-refractivity contribution is 8.16. The monoisotopic (exact) mass is 306 g/mol. The van der Waals surface area contributed by atoms with Crippen LogP contribution in [0.4, 0.5) is 0 Å². The first-order chi connectivity index (χ1) is 7.05. The van der Waals surface area contributed by atoms with Crippen molar-refractivity contribution in [2.75, 3.05) is 0 Å². The first kappa shape index (κ1) is 13.4. The Balaban J connectivity index is 3.88. The molecule has 1 rings (SSSR count). The molecule has 16 heavy (non-hydrogen) atoms. The van der Waals surface area contributed by atoms with Crippen LogP contribution in [0.1, 0.15) is 0 Å². The molecule has 0 saturated carbocycles. The van der Waals surface area contributed by atoms with E-state index in [2.05, 4.69) is 0 Å². The lowest BCUT2D eigenvalue weighted by Gasteiger charge is -2.06. The summed E-state index contributed by atoms with van der Waals surface area (Å²) in [4.78, 5) is -2.05. The molecule has 0 aliphatic carbocycles. The molecule has 6 nitrogen and oxygen atoms in total. The van der Waals surface area contributed by atoms with Crippen LogP contribution in [0, 0.1) is 0 Å². The second-order valence-electron chi connectivity index (χ2n) is 2.64. The second-order valence-corrected chi connectivity index (χ2v) is 7.67. The highest BCUT2D eigenvalue weighted by Gasteiger charge is 2.29. The van der Waals surface area contributed by atoms with Gasteiger partial charge in [0.2, 0.25) is 0 Å². The molecule has 0 fully saturated rings. The maximum Gasteiger partial charge on any atom is 0.266 e. The Morgan fingerprint density at radius 3 is 1.81 bits per heavy atom. The van der Waals surface area contributed by atoms with E-state index in [1.54, 1.807) is 0 Å². The van der Waals surface area contributed by atoms with Gasteiger partial charge in [0.05, 0.1) is 0 Å². The Morgan fingerprint density at radius 1 is 0.938 bits per heavy atom. The normalized spacial score (nSPS) is 12.6. The minimum absolute atomic E-state index is 0.715. The Bertz CT molecular complexity index is 633. The summed E-state index contributed by atoms with van der Waals surface area (Å²) in [7, 11) is 0.886. The van der Waals surface area contributed by atoms with Crippen LogP contribution in [-0.2, 0) is 18.1 Å². The van der Waals surface area contributed by atoms with Crippen LogP contribution in [0.3, 0.4) is 0 Å². The number of halogens is 2. The zero-order valence-corrected chi connectivity index (χ0v) is 10.4. The molecule has 10 heteroatoms. The molecule has 0 unspecified atom stereocenters. The number of benzene rings is 1. The molecule has 0 amide bonds. The van der Waals surface area contributed by atoms with Crippen LogP contribution in [0.2, 0.25) is 0 Å². The SMILES string of the molecule is O=S(=O)(Cl)c1ccc(O)c(O)c1S(=O)(=O)Cl.